The Kier molecular flexibility index (Phi) is 4.59. The molecule has 134 valence electrons. The molecule has 0 radical (unpaired) electrons. The molecule has 2 aromatic rings. The number of imide groups is 1. The number of hydrogen-bond acceptors (Lipinski definition) is 4. The molecule has 1 aliphatic rings. The van der Waals surface area contributed by atoms with E-state index in [0.29, 0.717) is 12.1 Å². The third-order valence-electron chi connectivity index (χ3n) is 4.98. The number of anilines is 1. The molecule has 0 aliphatic carbocycles. The van der Waals surface area contributed by atoms with Crippen LogP contribution in [0.3, 0.4) is 0 Å². The van der Waals surface area contributed by atoms with E-state index in [1.165, 1.54) is 23.1 Å². The molecule has 3 rings (SSSR count). The van der Waals surface area contributed by atoms with Crippen molar-refractivity contribution in [3.05, 3.63) is 68.8 Å². The maximum absolute atomic E-state index is 13.0. The van der Waals surface area contributed by atoms with Gasteiger partial charge in [0.1, 0.15) is 0 Å². The number of rotatable bonds is 5. The first kappa shape index (κ1) is 17.8. The Morgan fingerprint density at radius 2 is 1.77 bits per heavy atom. The van der Waals surface area contributed by atoms with Crippen molar-refractivity contribution in [2.45, 2.75) is 39.5 Å². The zero-order valence-corrected chi connectivity index (χ0v) is 15.0. The van der Waals surface area contributed by atoms with Crippen LogP contribution in [0.1, 0.15) is 65.0 Å². The van der Waals surface area contributed by atoms with E-state index < -0.39 is 16.7 Å². The zero-order valence-electron chi connectivity index (χ0n) is 15.0. The van der Waals surface area contributed by atoms with Crippen LogP contribution in [0.4, 0.5) is 11.4 Å². The molecule has 0 saturated heterocycles. The molecule has 6 nitrogen and oxygen atoms in total. The van der Waals surface area contributed by atoms with Crippen LogP contribution in [0.2, 0.25) is 0 Å². The minimum atomic E-state index is -0.564. The Bertz CT molecular complexity index is 920. The van der Waals surface area contributed by atoms with Gasteiger partial charge >= 0.3 is 0 Å². The van der Waals surface area contributed by atoms with E-state index in [1.807, 2.05) is 25.1 Å². The first-order valence-corrected chi connectivity index (χ1v) is 8.69. The van der Waals surface area contributed by atoms with E-state index >= 15 is 0 Å². The minimum absolute atomic E-state index is 0.0882. The second-order valence-corrected chi connectivity index (χ2v) is 6.45. The van der Waals surface area contributed by atoms with Crippen molar-refractivity contribution in [2.24, 2.45) is 0 Å². The lowest BCUT2D eigenvalue weighted by atomic mass is 9.93. The normalized spacial score (nSPS) is 14.5. The topological polar surface area (TPSA) is 80.5 Å². The molecule has 0 saturated carbocycles. The van der Waals surface area contributed by atoms with Crippen molar-refractivity contribution >= 4 is 23.2 Å². The molecule has 0 N–H and O–H groups in total. The van der Waals surface area contributed by atoms with Crippen molar-refractivity contribution in [1.29, 1.82) is 0 Å². The maximum Gasteiger partial charge on any atom is 0.270 e. The highest BCUT2D eigenvalue weighted by Crippen LogP contribution is 2.38. The lowest BCUT2D eigenvalue weighted by molar-refractivity contribution is -0.384. The molecule has 0 aromatic heterocycles. The minimum Gasteiger partial charge on any atom is -0.268 e. The highest BCUT2D eigenvalue weighted by Gasteiger charge is 2.39. The summed E-state index contributed by atoms with van der Waals surface area (Å²) >= 11 is 0. The average Bonchev–Trinajstić information content (AvgIpc) is 2.90. The van der Waals surface area contributed by atoms with Gasteiger partial charge in [0.05, 0.1) is 21.7 Å². The number of amides is 2. The molecule has 0 fully saturated rings. The Morgan fingerprint density at radius 1 is 1.08 bits per heavy atom. The molecule has 2 aromatic carbocycles. The third kappa shape index (κ3) is 2.67. The van der Waals surface area contributed by atoms with Gasteiger partial charge < -0.3 is 0 Å². The summed E-state index contributed by atoms with van der Waals surface area (Å²) < 4.78 is 0. The number of hydrogen-bond donors (Lipinski definition) is 0. The fourth-order valence-corrected chi connectivity index (χ4v) is 3.33. The van der Waals surface area contributed by atoms with E-state index in [4.69, 9.17) is 0 Å². The number of nitro benzene ring substituents is 1. The van der Waals surface area contributed by atoms with Gasteiger partial charge in [-0.1, -0.05) is 39.0 Å². The molecule has 6 heteroatoms. The van der Waals surface area contributed by atoms with Crippen LogP contribution in [0, 0.1) is 10.1 Å². The number of carbonyl (C=O) groups excluding carboxylic acids is 2. The third-order valence-corrected chi connectivity index (χ3v) is 4.98. The van der Waals surface area contributed by atoms with Crippen LogP contribution in [0.15, 0.2) is 36.4 Å². The van der Waals surface area contributed by atoms with Crippen LogP contribution in [-0.4, -0.2) is 16.7 Å². The fourth-order valence-electron chi connectivity index (χ4n) is 3.33. The second-order valence-electron chi connectivity index (χ2n) is 6.45. The largest absolute Gasteiger partial charge is 0.270 e. The Balaban J connectivity index is 2.19. The molecule has 1 unspecified atom stereocenters. The predicted molar refractivity (Wildman–Crippen MR) is 98.8 cm³/mol. The zero-order chi connectivity index (χ0) is 19.0. The summed E-state index contributed by atoms with van der Waals surface area (Å²) in [5, 5.41) is 11.0. The molecule has 0 spiro atoms. The SMILES string of the molecule is CCc1cccc(C(C)CC)c1N1C(=O)c2ccc([N+](=O)[O-])cc2C1=O. The van der Waals surface area contributed by atoms with Crippen LogP contribution < -0.4 is 4.90 Å². The van der Waals surface area contributed by atoms with Gasteiger partial charge in [-0.2, -0.15) is 0 Å². The number of para-hydroxylation sites is 1. The monoisotopic (exact) mass is 352 g/mol. The Labute approximate surface area is 151 Å². The first-order chi connectivity index (χ1) is 12.4. The van der Waals surface area contributed by atoms with Gasteiger partial charge in [0, 0.05) is 12.1 Å². The fraction of sp³-hybridized carbons (Fsp3) is 0.300. The quantitative estimate of drug-likeness (QED) is 0.452. The van der Waals surface area contributed by atoms with E-state index in [0.717, 1.165) is 17.5 Å². The molecule has 1 aliphatic heterocycles. The molecule has 1 atom stereocenters. The Hall–Kier alpha value is -3.02. The van der Waals surface area contributed by atoms with Gasteiger partial charge in [0.2, 0.25) is 0 Å². The van der Waals surface area contributed by atoms with E-state index in [-0.39, 0.29) is 22.7 Å². The van der Waals surface area contributed by atoms with E-state index in [2.05, 4.69) is 13.8 Å². The number of benzene rings is 2. The summed E-state index contributed by atoms with van der Waals surface area (Å²) in [7, 11) is 0. The number of nitro groups is 1. The molecular weight excluding hydrogens is 332 g/mol. The lowest BCUT2D eigenvalue weighted by Crippen LogP contribution is -2.31. The van der Waals surface area contributed by atoms with Gasteiger partial charge in [-0.25, -0.2) is 4.90 Å². The predicted octanol–water partition coefficient (Wildman–Crippen LogP) is 4.47. The number of nitrogens with zero attached hydrogens (tertiary/aromatic N) is 2. The summed E-state index contributed by atoms with van der Waals surface area (Å²) in [4.78, 5) is 37.6. The summed E-state index contributed by atoms with van der Waals surface area (Å²) in [6, 6.07) is 9.60. The van der Waals surface area contributed by atoms with Crippen LogP contribution in [-0.2, 0) is 6.42 Å². The number of non-ortho nitro benzene ring substituents is 1. The van der Waals surface area contributed by atoms with Crippen molar-refractivity contribution in [1.82, 2.24) is 0 Å². The van der Waals surface area contributed by atoms with Crippen molar-refractivity contribution < 1.29 is 14.5 Å². The maximum atomic E-state index is 13.0. The van der Waals surface area contributed by atoms with Gasteiger partial charge in [0.25, 0.3) is 17.5 Å². The van der Waals surface area contributed by atoms with Gasteiger partial charge in [-0.15, -0.1) is 0 Å². The summed E-state index contributed by atoms with van der Waals surface area (Å²) in [6.07, 6.45) is 1.54. The number of carbonyl (C=O) groups is 2. The second kappa shape index (κ2) is 6.71. The molecule has 1 heterocycles. The molecule has 2 amide bonds. The number of aryl methyl sites for hydroxylation is 1. The number of fused-ring (bicyclic) bond motifs is 1. The van der Waals surface area contributed by atoms with Crippen molar-refractivity contribution in [3.8, 4) is 0 Å². The van der Waals surface area contributed by atoms with Crippen LogP contribution in [0.25, 0.3) is 0 Å². The highest BCUT2D eigenvalue weighted by molar-refractivity contribution is 6.35. The van der Waals surface area contributed by atoms with E-state index in [1.54, 1.807) is 0 Å². The molecular formula is C20H20N2O4. The molecule has 26 heavy (non-hydrogen) atoms. The van der Waals surface area contributed by atoms with Crippen molar-refractivity contribution in [3.63, 3.8) is 0 Å². The van der Waals surface area contributed by atoms with Gasteiger partial charge in [-0.05, 0) is 36.0 Å². The Morgan fingerprint density at radius 3 is 2.38 bits per heavy atom. The van der Waals surface area contributed by atoms with E-state index in [9.17, 15) is 19.7 Å². The van der Waals surface area contributed by atoms with Crippen molar-refractivity contribution in [2.75, 3.05) is 4.90 Å². The van der Waals surface area contributed by atoms with Crippen LogP contribution >= 0.6 is 0 Å². The van der Waals surface area contributed by atoms with Crippen LogP contribution in [0.5, 0.6) is 0 Å². The first-order valence-electron chi connectivity index (χ1n) is 8.69. The van der Waals surface area contributed by atoms with Gasteiger partial charge in [0.15, 0.2) is 0 Å². The standard InChI is InChI=1S/C20H20N2O4/c1-4-12(3)15-8-6-7-13(5-2)18(15)21-19(23)16-10-9-14(22(25)26)11-17(16)20(21)24/h6-12H,4-5H2,1-3H3. The van der Waals surface area contributed by atoms with Gasteiger partial charge in [-0.3, -0.25) is 19.7 Å². The highest BCUT2D eigenvalue weighted by atomic mass is 16.6. The average molecular weight is 352 g/mol. The lowest BCUT2D eigenvalue weighted by Gasteiger charge is -2.24. The summed E-state index contributed by atoms with van der Waals surface area (Å²) in [6.45, 7) is 6.09. The summed E-state index contributed by atoms with van der Waals surface area (Å²) in [5.41, 5.74) is 2.57. The summed E-state index contributed by atoms with van der Waals surface area (Å²) in [5.74, 6) is -0.750. The smallest absolute Gasteiger partial charge is 0.268 e. The molecule has 0 bridgehead atoms.